The number of amides is 2. The molecule has 0 aromatic carbocycles. The molecule has 0 atom stereocenters. The van der Waals surface area contributed by atoms with Crippen LogP contribution in [0.4, 0.5) is 0 Å². The first-order chi connectivity index (χ1) is 9.58. The first-order valence-electron chi connectivity index (χ1n) is 8.14. The third-order valence-electron chi connectivity index (χ3n) is 4.48. The second-order valence-electron chi connectivity index (χ2n) is 6.64. The Morgan fingerprint density at radius 1 is 0.950 bits per heavy atom. The van der Waals surface area contributed by atoms with Crippen molar-refractivity contribution in [1.29, 1.82) is 0 Å². The van der Waals surface area contributed by atoms with Crippen molar-refractivity contribution in [3.8, 4) is 0 Å². The minimum atomic E-state index is 0.241. The van der Waals surface area contributed by atoms with E-state index < -0.39 is 0 Å². The van der Waals surface area contributed by atoms with E-state index in [-0.39, 0.29) is 11.8 Å². The number of nitrogens with zero attached hydrogens (tertiary/aromatic N) is 2. The second kappa shape index (κ2) is 7.09. The largest absolute Gasteiger partial charge is 0.339 e. The van der Waals surface area contributed by atoms with Gasteiger partial charge in [0.05, 0.1) is 0 Å². The fourth-order valence-corrected chi connectivity index (χ4v) is 3.26. The van der Waals surface area contributed by atoms with Crippen LogP contribution in [0.5, 0.6) is 0 Å². The average Bonchev–Trinajstić information content (AvgIpc) is 2.47. The average molecular weight is 280 g/mol. The normalized spacial score (nSPS) is 21.4. The molecule has 1 saturated heterocycles. The van der Waals surface area contributed by atoms with E-state index in [0.717, 1.165) is 25.9 Å². The topological polar surface area (TPSA) is 40.6 Å². The van der Waals surface area contributed by atoms with Crippen molar-refractivity contribution >= 4 is 11.8 Å². The molecule has 0 N–H and O–H groups in total. The van der Waals surface area contributed by atoms with Crippen molar-refractivity contribution < 1.29 is 9.59 Å². The van der Waals surface area contributed by atoms with Crippen LogP contribution in [0.3, 0.4) is 0 Å². The molecule has 1 aliphatic heterocycles. The molecule has 2 fully saturated rings. The molecule has 20 heavy (non-hydrogen) atoms. The maximum absolute atomic E-state index is 12.4. The Hall–Kier alpha value is -1.06. The van der Waals surface area contributed by atoms with Crippen molar-refractivity contribution in [2.45, 2.75) is 52.4 Å². The molecule has 0 unspecified atom stereocenters. The summed E-state index contributed by atoms with van der Waals surface area (Å²) >= 11 is 0. The van der Waals surface area contributed by atoms with Crippen LogP contribution in [-0.4, -0.2) is 47.8 Å². The number of carbonyl (C=O) groups is 2. The minimum absolute atomic E-state index is 0.241. The standard InChI is InChI=1S/C16H28N2O2/c1-13(2)12-15(19)17-8-10-18(11-9-17)16(20)14-6-4-3-5-7-14/h13-14H,3-12H2,1-2H3. The molecule has 0 bridgehead atoms. The fourth-order valence-electron chi connectivity index (χ4n) is 3.26. The highest BCUT2D eigenvalue weighted by molar-refractivity contribution is 5.80. The third kappa shape index (κ3) is 3.97. The summed E-state index contributed by atoms with van der Waals surface area (Å²) in [5, 5.41) is 0. The molecule has 2 rings (SSSR count). The summed E-state index contributed by atoms with van der Waals surface area (Å²) in [5.74, 6) is 1.23. The van der Waals surface area contributed by atoms with E-state index in [1.54, 1.807) is 0 Å². The van der Waals surface area contributed by atoms with Gasteiger partial charge < -0.3 is 9.80 Å². The van der Waals surface area contributed by atoms with Crippen molar-refractivity contribution in [3.63, 3.8) is 0 Å². The lowest BCUT2D eigenvalue weighted by Crippen LogP contribution is -2.52. The molecule has 1 heterocycles. The zero-order chi connectivity index (χ0) is 14.5. The molecule has 0 aromatic rings. The molecule has 1 aliphatic carbocycles. The molecular weight excluding hydrogens is 252 g/mol. The van der Waals surface area contributed by atoms with Gasteiger partial charge in [0.25, 0.3) is 0 Å². The number of hydrogen-bond donors (Lipinski definition) is 0. The van der Waals surface area contributed by atoms with Gasteiger partial charge >= 0.3 is 0 Å². The van der Waals surface area contributed by atoms with Crippen molar-refractivity contribution in [2.24, 2.45) is 11.8 Å². The highest BCUT2D eigenvalue weighted by atomic mass is 16.2. The van der Waals surface area contributed by atoms with E-state index in [4.69, 9.17) is 0 Å². The van der Waals surface area contributed by atoms with Gasteiger partial charge in [-0.1, -0.05) is 33.1 Å². The maximum atomic E-state index is 12.4. The van der Waals surface area contributed by atoms with E-state index >= 15 is 0 Å². The maximum Gasteiger partial charge on any atom is 0.225 e. The van der Waals surface area contributed by atoms with Crippen LogP contribution >= 0.6 is 0 Å². The third-order valence-corrected chi connectivity index (χ3v) is 4.48. The van der Waals surface area contributed by atoms with Gasteiger partial charge in [0.15, 0.2) is 0 Å². The number of piperazine rings is 1. The lowest BCUT2D eigenvalue weighted by molar-refractivity contribution is -0.143. The Morgan fingerprint density at radius 2 is 1.50 bits per heavy atom. The van der Waals surface area contributed by atoms with Gasteiger partial charge in [-0.3, -0.25) is 9.59 Å². The smallest absolute Gasteiger partial charge is 0.225 e. The van der Waals surface area contributed by atoms with Gasteiger partial charge in [-0.15, -0.1) is 0 Å². The van der Waals surface area contributed by atoms with Gasteiger partial charge in [0.1, 0.15) is 0 Å². The molecule has 2 aliphatic rings. The molecule has 4 nitrogen and oxygen atoms in total. The first-order valence-corrected chi connectivity index (χ1v) is 8.14. The summed E-state index contributed by atoms with van der Waals surface area (Å²) in [5.41, 5.74) is 0. The van der Waals surface area contributed by atoms with Crippen LogP contribution in [0.1, 0.15) is 52.4 Å². The predicted molar refractivity (Wildman–Crippen MR) is 79.2 cm³/mol. The molecule has 2 amide bonds. The zero-order valence-electron chi connectivity index (χ0n) is 12.9. The van der Waals surface area contributed by atoms with Crippen LogP contribution in [0.15, 0.2) is 0 Å². The zero-order valence-corrected chi connectivity index (χ0v) is 12.9. The van der Waals surface area contributed by atoms with Gasteiger partial charge in [0, 0.05) is 38.5 Å². The molecule has 1 saturated carbocycles. The molecule has 0 spiro atoms. The van der Waals surface area contributed by atoms with Gasteiger partial charge in [0.2, 0.25) is 11.8 Å². The highest BCUT2D eigenvalue weighted by Crippen LogP contribution is 2.25. The van der Waals surface area contributed by atoms with Gasteiger partial charge in [-0.25, -0.2) is 0 Å². The summed E-state index contributed by atoms with van der Waals surface area (Å²) in [7, 11) is 0. The van der Waals surface area contributed by atoms with Crippen LogP contribution in [0, 0.1) is 11.8 Å². The van der Waals surface area contributed by atoms with Crippen LogP contribution in [0.25, 0.3) is 0 Å². The lowest BCUT2D eigenvalue weighted by Gasteiger charge is -2.37. The summed E-state index contributed by atoms with van der Waals surface area (Å²) < 4.78 is 0. The van der Waals surface area contributed by atoms with Gasteiger partial charge in [-0.05, 0) is 18.8 Å². The predicted octanol–water partition coefficient (Wildman–Crippen LogP) is 2.28. The SMILES string of the molecule is CC(C)CC(=O)N1CCN(C(=O)C2CCCCC2)CC1. The molecule has 0 radical (unpaired) electrons. The fraction of sp³-hybridized carbons (Fsp3) is 0.875. The second-order valence-corrected chi connectivity index (χ2v) is 6.64. The Kier molecular flexibility index (Phi) is 5.44. The molecule has 4 heteroatoms. The number of rotatable bonds is 3. The minimum Gasteiger partial charge on any atom is -0.339 e. The lowest BCUT2D eigenvalue weighted by atomic mass is 9.88. The van der Waals surface area contributed by atoms with E-state index in [9.17, 15) is 9.59 Å². The van der Waals surface area contributed by atoms with E-state index in [0.29, 0.717) is 31.3 Å². The van der Waals surface area contributed by atoms with E-state index in [1.807, 2.05) is 9.80 Å². The first kappa shape index (κ1) is 15.3. The van der Waals surface area contributed by atoms with Crippen LogP contribution < -0.4 is 0 Å². The molecular formula is C16H28N2O2. The van der Waals surface area contributed by atoms with Crippen LogP contribution in [0.2, 0.25) is 0 Å². The molecule has 0 aromatic heterocycles. The van der Waals surface area contributed by atoms with Gasteiger partial charge in [-0.2, -0.15) is 0 Å². The summed E-state index contributed by atoms with van der Waals surface area (Å²) in [6.45, 7) is 7.01. The summed E-state index contributed by atoms with van der Waals surface area (Å²) in [4.78, 5) is 28.3. The highest BCUT2D eigenvalue weighted by Gasteiger charge is 2.29. The number of carbonyl (C=O) groups excluding carboxylic acids is 2. The van der Waals surface area contributed by atoms with Crippen molar-refractivity contribution in [3.05, 3.63) is 0 Å². The van der Waals surface area contributed by atoms with Crippen LogP contribution in [-0.2, 0) is 9.59 Å². The quantitative estimate of drug-likeness (QED) is 0.796. The Labute approximate surface area is 122 Å². The summed E-state index contributed by atoms with van der Waals surface area (Å²) in [6, 6.07) is 0. The van der Waals surface area contributed by atoms with E-state index in [2.05, 4.69) is 13.8 Å². The summed E-state index contributed by atoms with van der Waals surface area (Å²) in [6.07, 6.45) is 6.42. The van der Waals surface area contributed by atoms with Crippen molar-refractivity contribution in [1.82, 2.24) is 9.80 Å². The Morgan fingerprint density at radius 3 is 2.05 bits per heavy atom. The monoisotopic (exact) mass is 280 g/mol. The van der Waals surface area contributed by atoms with Crippen molar-refractivity contribution in [2.75, 3.05) is 26.2 Å². The number of hydrogen-bond acceptors (Lipinski definition) is 2. The molecule has 114 valence electrons. The Bertz CT molecular complexity index is 340. The van der Waals surface area contributed by atoms with E-state index in [1.165, 1.54) is 19.3 Å². The Balaban J connectivity index is 1.78.